The molecular formula is C19H15FN2O4S. The molecule has 0 unspecified atom stereocenters. The van der Waals surface area contributed by atoms with E-state index in [0.717, 1.165) is 10.6 Å². The number of nitro benzene ring substituents is 1. The minimum absolute atomic E-state index is 0.0564. The van der Waals surface area contributed by atoms with Crippen LogP contribution in [0.25, 0.3) is 0 Å². The first-order valence-corrected chi connectivity index (χ1v) is 8.85. The van der Waals surface area contributed by atoms with Crippen LogP contribution in [0.5, 0.6) is 0 Å². The Morgan fingerprint density at radius 2 is 1.96 bits per heavy atom. The number of nitrogens with zero attached hydrogens (tertiary/aromatic N) is 2. The highest BCUT2D eigenvalue weighted by molar-refractivity contribution is 7.13. The fourth-order valence-electron chi connectivity index (χ4n) is 2.47. The van der Waals surface area contributed by atoms with Crippen LogP contribution >= 0.6 is 11.3 Å². The van der Waals surface area contributed by atoms with Crippen molar-refractivity contribution in [1.29, 1.82) is 0 Å². The number of hydrogen-bond acceptors (Lipinski definition) is 6. The lowest BCUT2D eigenvalue weighted by Crippen LogP contribution is -2.05. The van der Waals surface area contributed by atoms with E-state index in [2.05, 4.69) is 4.98 Å². The molecule has 0 fully saturated rings. The summed E-state index contributed by atoms with van der Waals surface area (Å²) in [6.45, 7) is 1.65. The van der Waals surface area contributed by atoms with Gasteiger partial charge in [0.15, 0.2) is 0 Å². The van der Waals surface area contributed by atoms with Crippen molar-refractivity contribution in [3.05, 3.63) is 91.2 Å². The van der Waals surface area contributed by atoms with Crippen LogP contribution in [0.1, 0.15) is 31.5 Å². The zero-order valence-corrected chi connectivity index (χ0v) is 15.2. The van der Waals surface area contributed by atoms with Gasteiger partial charge in [0, 0.05) is 18.6 Å². The number of aromatic nitrogens is 1. The molecule has 8 heteroatoms. The number of carbonyl (C=O) groups is 1. The Morgan fingerprint density at radius 1 is 1.22 bits per heavy atom. The normalized spacial score (nSPS) is 10.6. The van der Waals surface area contributed by atoms with Crippen LogP contribution in [0, 0.1) is 22.9 Å². The van der Waals surface area contributed by atoms with Crippen LogP contribution in [0.2, 0.25) is 0 Å². The quantitative estimate of drug-likeness (QED) is 0.355. The SMILES string of the molecule is Cc1nc(Cc2ccc(F)cc2)sc1C(=O)OCc1cccc([N+](=O)[O-])c1. The molecule has 0 saturated carbocycles. The molecule has 0 spiro atoms. The highest BCUT2D eigenvalue weighted by Crippen LogP contribution is 2.23. The summed E-state index contributed by atoms with van der Waals surface area (Å²) in [5, 5.41) is 11.5. The van der Waals surface area contributed by atoms with Gasteiger partial charge in [-0.15, -0.1) is 11.3 Å². The smallest absolute Gasteiger partial charge is 0.350 e. The minimum Gasteiger partial charge on any atom is -0.457 e. The number of carbonyl (C=O) groups excluding carboxylic acids is 1. The molecule has 0 radical (unpaired) electrons. The topological polar surface area (TPSA) is 82.3 Å². The third-order valence-electron chi connectivity index (χ3n) is 3.79. The van der Waals surface area contributed by atoms with E-state index in [-0.39, 0.29) is 18.1 Å². The van der Waals surface area contributed by atoms with Crippen molar-refractivity contribution >= 4 is 23.0 Å². The van der Waals surface area contributed by atoms with Gasteiger partial charge >= 0.3 is 5.97 Å². The number of benzene rings is 2. The summed E-state index contributed by atoms with van der Waals surface area (Å²) in [6.07, 6.45) is 0.490. The van der Waals surface area contributed by atoms with E-state index in [4.69, 9.17) is 4.74 Å². The predicted molar refractivity (Wildman–Crippen MR) is 98.3 cm³/mol. The van der Waals surface area contributed by atoms with Crippen molar-refractivity contribution in [2.24, 2.45) is 0 Å². The largest absolute Gasteiger partial charge is 0.457 e. The average molecular weight is 386 g/mol. The molecule has 0 N–H and O–H groups in total. The molecule has 138 valence electrons. The molecular weight excluding hydrogens is 371 g/mol. The summed E-state index contributed by atoms with van der Waals surface area (Å²) in [6, 6.07) is 12.0. The Balaban J connectivity index is 1.66. The van der Waals surface area contributed by atoms with Crippen molar-refractivity contribution < 1.29 is 18.8 Å². The second-order valence-corrected chi connectivity index (χ2v) is 6.91. The molecule has 0 aliphatic rings. The molecule has 27 heavy (non-hydrogen) atoms. The van der Waals surface area contributed by atoms with Gasteiger partial charge in [0.2, 0.25) is 0 Å². The maximum atomic E-state index is 13.0. The molecule has 0 aliphatic heterocycles. The number of nitro groups is 1. The van der Waals surface area contributed by atoms with Gasteiger partial charge < -0.3 is 4.74 Å². The Bertz CT molecular complexity index is 986. The molecule has 1 aromatic heterocycles. The first kappa shape index (κ1) is 18.7. The molecule has 0 amide bonds. The van der Waals surface area contributed by atoms with Gasteiger partial charge in [0.25, 0.3) is 5.69 Å². The van der Waals surface area contributed by atoms with Gasteiger partial charge in [-0.05, 0) is 30.2 Å². The zero-order chi connectivity index (χ0) is 19.4. The number of rotatable bonds is 6. The van der Waals surface area contributed by atoms with E-state index < -0.39 is 10.9 Å². The van der Waals surface area contributed by atoms with Crippen molar-refractivity contribution in [2.75, 3.05) is 0 Å². The fraction of sp³-hybridized carbons (Fsp3) is 0.158. The van der Waals surface area contributed by atoms with E-state index in [1.165, 1.54) is 35.6 Å². The van der Waals surface area contributed by atoms with Crippen LogP contribution in [-0.4, -0.2) is 15.9 Å². The van der Waals surface area contributed by atoms with Crippen molar-refractivity contribution in [2.45, 2.75) is 20.0 Å². The first-order chi connectivity index (χ1) is 12.9. The summed E-state index contributed by atoms with van der Waals surface area (Å²) in [7, 11) is 0. The molecule has 6 nitrogen and oxygen atoms in total. The molecule has 0 atom stereocenters. The minimum atomic E-state index is -0.526. The summed E-state index contributed by atoms with van der Waals surface area (Å²) in [5.74, 6) is -0.832. The van der Waals surface area contributed by atoms with Gasteiger partial charge in [-0.2, -0.15) is 0 Å². The number of aryl methyl sites for hydroxylation is 1. The highest BCUT2D eigenvalue weighted by atomic mass is 32.1. The van der Waals surface area contributed by atoms with Crippen molar-refractivity contribution in [3.63, 3.8) is 0 Å². The molecule has 1 heterocycles. The van der Waals surface area contributed by atoms with Gasteiger partial charge in [-0.1, -0.05) is 24.3 Å². The standard InChI is InChI=1S/C19H15FN2O4S/c1-12-18(27-17(21-12)10-13-5-7-15(20)8-6-13)19(23)26-11-14-3-2-4-16(9-14)22(24)25/h2-9H,10-11H2,1H3. The van der Waals surface area contributed by atoms with Crippen LogP contribution in [0.15, 0.2) is 48.5 Å². The Labute approximate surface area is 158 Å². The predicted octanol–water partition coefficient (Wildman–Crippen LogP) is 4.45. The van der Waals surface area contributed by atoms with Crippen LogP contribution in [0.4, 0.5) is 10.1 Å². The van der Waals surface area contributed by atoms with E-state index in [1.807, 2.05) is 0 Å². The maximum Gasteiger partial charge on any atom is 0.350 e. The second-order valence-electron chi connectivity index (χ2n) is 5.83. The third-order valence-corrected chi connectivity index (χ3v) is 4.92. The molecule has 0 aliphatic carbocycles. The van der Waals surface area contributed by atoms with Gasteiger partial charge in [0.1, 0.15) is 17.3 Å². The number of esters is 1. The summed E-state index contributed by atoms with van der Waals surface area (Å²) < 4.78 is 18.3. The molecule has 0 saturated heterocycles. The van der Waals surface area contributed by atoms with Gasteiger partial charge in [-0.25, -0.2) is 14.2 Å². The lowest BCUT2D eigenvalue weighted by molar-refractivity contribution is -0.384. The van der Waals surface area contributed by atoms with Crippen molar-refractivity contribution in [1.82, 2.24) is 4.98 Å². The van der Waals surface area contributed by atoms with Crippen LogP contribution in [-0.2, 0) is 17.8 Å². The van der Waals surface area contributed by atoms with E-state index >= 15 is 0 Å². The first-order valence-electron chi connectivity index (χ1n) is 8.03. The summed E-state index contributed by atoms with van der Waals surface area (Å²) in [5.41, 5.74) is 1.92. The lowest BCUT2D eigenvalue weighted by Gasteiger charge is -2.04. The van der Waals surface area contributed by atoms with E-state index in [9.17, 15) is 19.3 Å². The number of halogens is 1. The third kappa shape index (κ3) is 4.73. The fourth-order valence-corrected chi connectivity index (χ4v) is 3.46. The number of non-ortho nitro benzene ring substituents is 1. The number of ether oxygens (including phenoxy) is 1. The summed E-state index contributed by atoms with van der Waals surface area (Å²) >= 11 is 1.22. The maximum absolute atomic E-state index is 13.0. The number of thiazole rings is 1. The Morgan fingerprint density at radius 3 is 2.67 bits per heavy atom. The highest BCUT2D eigenvalue weighted by Gasteiger charge is 2.17. The zero-order valence-electron chi connectivity index (χ0n) is 14.3. The summed E-state index contributed by atoms with van der Waals surface area (Å²) in [4.78, 5) is 27.4. The van der Waals surface area contributed by atoms with Gasteiger partial charge in [0.05, 0.1) is 15.6 Å². The molecule has 3 rings (SSSR count). The molecule has 0 bridgehead atoms. The second kappa shape index (κ2) is 8.05. The number of hydrogen-bond donors (Lipinski definition) is 0. The van der Waals surface area contributed by atoms with Crippen LogP contribution in [0.3, 0.4) is 0 Å². The van der Waals surface area contributed by atoms with Crippen LogP contribution < -0.4 is 0 Å². The monoisotopic (exact) mass is 386 g/mol. The Kier molecular flexibility index (Phi) is 5.56. The van der Waals surface area contributed by atoms with Gasteiger partial charge in [-0.3, -0.25) is 10.1 Å². The molecule has 2 aromatic carbocycles. The Hall–Kier alpha value is -3.13. The van der Waals surface area contributed by atoms with E-state index in [0.29, 0.717) is 22.6 Å². The average Bonchev–Trinajstić information content (AvgIpc) is 3.02. The van der Waals surface area contributed by atoms with E-state index in [1.54, 1.807) is 31.2 Å². The molecule has 3 aromatic rings. The lowest BCUT2D eigenvalue weighted by atomic mass is 10.1. The van der Waals surface area contributed by atoms with Crippen molar-refractivity contribution in [3.8, 4) is 0 Å².